The normalized spacial score (nSPS) is 11.6. The van der Waals surface area contributed by atoms with Gasteiger partial charge < -0.3 is 14.8 Å². The maximum Gasteiger partial charge on any atom is 0.387 e. The fourth-order valence-corrected chi connectivity index (χ4v) is 4.52. The van der Waals surface area contributed by atoms with Gasteiger partial charge in [0, 0.05) is 19.6 Å². The second-order valence-corrected chi connectivity index (χ2v) is 8.54. The van der Waals surface area contributed by atoms with Gasteiger partial charge in [-0.1, -0.05) is 19.9 Å². The molecule has 1 N–H and O–H groups in total. The fraction of sp³-hybridized carbons (Fsp3) is 0.381. The number of benzene rings is 2. The zero-order chi connectivity index (χ0) is 23.9. The van der Waals surface area contributed by atoms with E-state index in [9.17, 15) is 26.4 Å². The van der Waals surface area contributed by atoms with E-state index in [2.05, 4.69) is 10.1 Å². The summed E-state index contributed by atoms with van der Waals surface area (Å²) in [5.41, 5.74) is 0.162. The molecule has 11 heteroatoms. The first-order valence-corrected chi connectivity index (χ1v) is 11.3. The number of amides is 1. The molecule has 2 aromatic carbocycles. The molecule has 0 spiro atoms. The van der Waals surface area contributed by atoms with Gasteiger partial charge in [0.15, 0.2) is 11.5 Å². The van der Waals surface area contributed by atoms with Gasteiger partial charge in [0.25, 0.3) is 5.91 Å². The van der Waals surface area contributed by atoms with E-state index in [4.69, 9.17) is 4.74 Å². The van der Waals surface area contributed by atoms with Crippen LogP contribution in [0.15, 0.2) is 41.3 Å². The van der Waals surface area contributed by atoms with Crippen LogP contribution in [0.25, 0.3) is 0 Å². The van der Waals surface area contributed by atoms with E-state index < -0.39 is 33.9 Å². The van der Waals surface area contributed by atoms with Crippen LogP contribution < -0.4 is 14.8 Å². The Kier molecular flexibility index (Phi) is 8.90. The summed E-state index contributed by atoms with van der Waals surface area (Å²) in [6.07, 6.45) is 0.231. The highest BCUT2D eigenvalue weighted by molar-refractivity contribution is 7.89. The lowest BCUT2D eigenvalue weighted by Gasteiger charge is -2.19. The molecule has 32 heavy (non-hydrogen) atoms. The van der Waals surface area contributed by atoms with Crippen LogP contribution in [0.1, 0.15) is 29.8 Å². The monoisotopic (exact) mass is 474 g/mol. The number of sulfonamides is 1. The van der Waals surface area contributed by atoms with Crippen molar-refractivity contribution in [2.45, 2.75) is 31.8 Å². The van der Waals surface area contributed by atoms with Gasteiger partial charge in [-0.25, -0.2) is 12.8 Å². The summed E-state index contributed by atoms with van der Waals surface area (Å²) >= 11 is 0. The molecule has 0 saturated heterocycles. The molecule has 0 bridgehead atoms. The van der Waals surface area contributed by atoms with Crippen molar-refractivity contribution in [2.75, 3.05) is 26.7 Å². The third-order valence-electron chi connectivity index (χ3n) is 4.67. The molecule has 0 radical (unpaired) electrons. The minimum absolute atomic E-state index is 0.0474. The Labute approximate surface area is 185 Å². The zero-order valence-corrected chi connectivity index (χ0v) is 18.7. The van der Waals surface area contributed by atoms with Crippen LogP contribution in [0.3, 0.4) is 0 Å². The predicted octanol–water partition coefficient (Wildman–Crippen LogP) is 3.44. The Morgan fingerprint density at radius 1 is 1.09 bits per heavy atom. The minimum atomic E-state index is -3.86. The van der Waals surface area contributed by atoms with Crippen LogP contribution in [0.2, 0.25) is 0 Å². The largest absolute Gasteiger partial charge is 0.493 e. The smallest absolute Gasteiger partial charge is 0.387 e. The fourth-order valence-electron chi connectivity index (χ4n) is 3.03. The molecule has 1 amide bonds. The lowest BCUT2D eigenvalue weighted by atomic mass is 10.1. The van der Waals surface area contributed by atoms with Crippen LogP contribution in [0.4, 0.5) is 13.2 Å². The van der Waals surface area contributed by atoms with Crippen molar-refractivity contribution in [2.24, 2.45) is 0 Å². The third kappa shape index (κ3) is 6.13. The van der Waals surface area contributed by atoms with Crippen molar-refractivity contribution in [3.8, 4) is 11.5 Å². The molecule has 176 valence electrons. The van der Waals surface area contributed by atoms with Crippen LogP contribution in [0, 0.1) is 5.82 Å². The first-order chi connectivity index (χ1) is 15.1. The van der Waals surface area contributed by atoms with Crippen LogP contribution in [0.5, 0.6) is 11.5 Å². The number of carbonyl (C=O) groups is 1. The van der Waals surface area contributed by atoms with Gasteiger partial charge >= 0.3 is 6.61 Å². The molecule has 0 saturated carbocycles. The molecule has 0 aromatic heterocycles. The number of alkyl halides is 2. The Morgan fingerprint density at radius 2 is 1.78 bits per heavy atom. The van der Waals surface area contributed by atoms with Gasteiger partial charge in [0.05, 0.1) is 17.6 Å². The van der Waals surface area contributed by atoms with Gasteiger partial charge in [-0.3, -0.25) is 4.79 Å². The number of ether oxygens (including phenoxy) is 2. The number of halogens is 3. The second-order valence-electron chi connectivity index (χ2n) is 6.60. The van der Waals surface area contributed by atoms with Gasteiger partial charge in [-0.05, 0) is 42.3 Å². The van der Waals surface area contributed by atoms with Gasteiger partial charge in [0.1, 0.15) is 5.82 Å². The SMILES string of the molecule is CCN(CC)S(=O)(=O)c1ccc(F)c(C(=O)NCCc2ccc(OC)c(OC(F)F)c2)c1. The Balaban J connectivity index is 2.12. The summed E-state index contributed by atoms with van der Waals surface area (Å²) in [5, 5.41) is 2.51. The summed E-state index contributed by atoms with van der Waals surface area (Å²) in [6, 6.07) is 7.47. The maximum absolute atomic E-state index is 14.2. The number of hydrogen-bond acceptors (Lipinski definition) is 5. The molecule has 0 unspecified atom stereocenters. The van der Waals surface area contributed by atoms with E-state index >= 15 is 0 Å². The first-order valence-electron chi connectivity index (χ1n) is 9.83. The summed E-state index contributed by atoms with van der Waals surface area (Å²) in [7, 11) is -2.54. The molecule has 0 heterocycles. The average Bonchev–Trinajstić information content (AvgIpc) is 2.74. The highest BCUT2D eigenvalue weighted by Gasteiger charge is 2.24. The Bertz CT molecular complexity index is 1040. The molecule has 2 rings (SSSR count). The molecular weight excluding hydrogens is 449 g/mol. The number of methoxy groups -OCH3 is 1. The van der Waals surface area contributed by atoms with Gasteiger partial charge in [0.2, 0.25) is 10.0 Å². The van der Waals surface area contributed by atoms with Crippen molar-refractivity contribution in [1.29, 1.82) is 0 Å². The molecule has 0 aliphatic heterocycles. The molecule has 0 fully saturated rings. The van der Waals surface area contributed by atoms with Crippen LogP contribution >= 0.6 is 0 Å². The van der Waals surface area contributed by atoms with Crippen molar-refractivity contribution < 1.29 is 35.9 Å². The molecular formula is C21H25F3N2O5S. The van der Waals surface area contributed by atoms with Crippen molar-refractivity contribution in [1.82, 2.24) is 9.62 Å². The lowest BCUT2D eigenvalue weighted by molar-refractivity contribution is -0.0512. The first kappa shape index (κ1) is 25.5. The zero-order valence-electron chi connectivity index (χ0n) is 17.9. The Morgan fingerprint density at radius 3 is 2.38 bits per heavy atom. The molecule has 0 aliphatic carbocycles. The third-order valence-corrected chi connectivity index (χ3v) is 6.71. The topological polar surface area (TPSA) is 84.9 Å². The van der Waals surface area contributed by atoms with Crippen LogP contribution in [-0.4, -0.2) is 52.0 Å². The number of rotatable bonds is 11. The number of hydrogen-bond donors (Lipinski definition) is 1. The minimum Gasteiger partial charge on any atom is -0.493 e. The van der Waals surface area contributed by atoms with E-state index in [1.165, 1.54) is 23.5 Å². The van der Waals surface area contributed by atoms with Gasteiger partial charge in [-0.15, -0.1) is 0 Å². The summed E-state index contributed by atoms with van der Waals surface area (Å²) in [5.74, 6) is -1.67. The highest BCUT2D eigenvalue weighted by Crippen LogP contribution is 2.29. The predicted molar refractivity (Wildman–Crippen MR) is 112 cm³/mol. The number of nitrogens with one attached hydrogen (secondary N) is 1. The summed E-state index contributed by atoms with van der Waals surface area (Å²) < 4.78 is 75.2. The van der Waals surface area contributed by atoms with E-state index in [1.54, 1.807) is 19.9 Å². The van der Waals surface area contributed by atoms with Crippen LogP contribution in [-0.2, 0) is 16.4 Å². The second kappa shape index (κ2) is 11.2. The standard InChI is InChI=1S/C21H25F3N2O5S/c1-4-26(5-2)32(28,29)15-7-8-17(22)16(13-15)20(27)25-11-10-14-6-9-18(30-3)19(12-14)31-21(23)24/h6-9,12-13,21H,4-5,10-11H2,1-3H3,(H,25,27). The van der Waals surface area contributed by atoms with E-state index in [-0.39, 0.29) is 42.4 Å². The van der Waals surface area contributed by atoms with E-state index in [0.717, 1.165) is 18.2 Å². The average molecular weight is 475 g/mol. The lowest BCUT2D eigenvalue weighted by Crippen LogP contribution is -2.31. The van der Waals surface area contributed by atoms with E-state index in [0.29, 0.717) is 5.56 Å². The van der Waals surface area contributed by atoms with E-state index in [1.807, 2.05) is 0 Å². The summed E-state index contributed by atoms with van der Waals surface area (Å²) in [6.45, 7) is 0.839. The maximum atomic E-state index is 14.2. The van der Waals surface area contributed by atoms with Crippen molar-refractivity contribution in [3.05, 3.63) is 53.3 Å². The molecule has 7 nitrogen and oxygen atoms in total. The number of carbonyl (C=O) groups excluding carboxylic acids is 1. The van der Waals surface area contributed by atoms with Crippen molar-refractivity contribution >= 4 is 15.9 Å². The van der Waals surface area contributed by atoms with Gasteiger partial charge in [-0.2, -0.15) is 13.1 Å². The quantitative estimate of drug-likeness (QED) is 0.539. The number of nitrogens with zero attached hydrogens (tertiary/aromatic N) is 1. The summed E-state index contributed by atoms with van der Waals surface area (Å²) in [4.78, 5) is 12.3. The Hall–Kier alpha value is -2.79. The highest BCUT2D eigenvalue weighted by atomic mass is 32.2. The molecule has 0 aliphatic rings. The van der Waals surface area contributed by atoms with Crippen molar-refractivity contribution in [3.63, 3.8) is 0 Å². The molecule has 0 atom stereocenters. The molecule has 2 aromatic rings.